The van der Waals surface area contributed by atoms with Gasteiger partial charge in [-0.15, -0.1) is 0 Å². The Morgan fingerprint density at radius 1 is 1.17 bits per heavy atom. The molecule has 0 aliphatic carbocycles. The standard InChI is InChI=1S/C18H24N2O3/c1-19-7-5-18-13(11-19)4-6-20(18)17(21)9-12-8-15(22-2)16(23-3)10-14(12)18/h8,10,13H,4-7,9,11H2,1-3H3/t13-,18+/m1/s1. The Kier molecular flexibility index (Phi) is 3.30. The van der Waals surface area contributed by atoms with E-state index in [1.807, 2.05) is 6.07 Å². The van der Waals surface area contributed by atoms with E-state index < -0.39 is 0 Å². The highest BCUT2D eigenvalue weighted by Gasteiger charge is 2.56. The number of nitrogens with zero attached hydrogens (tertiary/aromatic N) is 2. The Morgan fingerprint density at radius 3 is 2.65 bits per heavy atom. The first-order valence-corrected chi connectivity index (χ1v) is 8.34. The van der Waals surface area contributed by atoms with Crippen LogP contribution in [-0.4, -0.2) is 56.6 Å². The van der Waals surface area contributed by atoms with Gasteiger partial charge in [0.05, 0.1) is 26.2 Å². The quantitative estimate of drug-likeness (QED) is 0.832. The van der Waals surface area contributed by atoms with Crippen molar-refractivity contribution in [2.45, 2.75) is 24.8 Å². The molecule has 3 aliphatic rings. The molecule has 124 valence electrons. The van der Waals surface area contributed by atoms with E-state index in [9.17, 15) is 4.79 Å². The van der Waals surface area contributed by atoms with Gasteiger partial charge in [-0.3, -0.25) is 4.79 Å². The number of hydrogen-bond acceptors (Lipinski definition) is 4. The normalized spacial score (nSPS) is 29.8. The van der Waals surface area contributed by atoms with Crippen LogP contribution in [0.15, 0.2) is 12.1 Å². The fourth-order valence-corrected chi connectivity index (χ4v) is 4.93. The van der Waals surface area contributed by atoms with E-state index in [-0.39, 0.29) is 11.4 Å². The van der Waals surface area contributed by atoms with E-state index in [1.54, 1.807) is 14.2 Å². The molecular formula is C18H24N2O3. The zero-order chi connectivity index (χ0) is 16.2. The molecule has 5 heteroatoms. The van der Waals surface area contributed by atoms with Gasteiger partial charge in [0.2, 0.25) is 5.91 Å². The van der Waals surface area contributed by atoms with Crippen LogP contribution in [0.5, 0.6) is 11.5 Å². The lowest BCUT2D eigenvalue weighted by Gasteiger charge is -2.51. The molecule has 0 radical (unpaired) electrons. The number of fused-ring (bicyclic) bond motifs is 1. The SMILES string of the molecule is COc1cc2c(cc1OC)[C@]13CCN(C)C[C@H]1CCN3C(=O)C2. The molecule has 1 spiro atoms. The molecule has 2 fully saturated rings. The number of benzene rings is 1. The second-order valence-electron chi connectivity index (χ2n) is 7.01. The second-order valence-corrected chi connectivity index (χ2v) is 7.01. The molecule has 0 aromatic heterocycles. The van der Waals surface area contributed by atoms with Gasteiger partial charge in [0.1, 0.15) is 0 Å². The molecule has 3 heterocycles. The molecule has 0 saturated carbocycles. The molecule has 1 amide bonds. The summed E-state index contributed by atoms with van der Waals surface area (Å²) in [7, 11) is 5.50. The number of carbonyl (C=O) groups excluding carboxylic acids is 1. The van der Waals surface area contributed by atoms with E-state index >= 15 is 0 Å². The molecule has 2 saturated heterocycles. The molecule has 23 heavy (non-hydrogen) atoms. The number of piperidine rings is 1. The number of carbonyl (C=O) groups is 1. The fraction of sp³-hybridized carbons (Fsp3) is 0.611. The van der Waals surface area contributed by atoms with E-state index in [4.69, 9.17) is 9.47 Å². The predicted octanol–water partition coefficient (Wildman–Crippen LogP) is 1.64. The van der Waals surface area contributed by atoms with Crippen molar-refractivity contribution in [3.05, 3.63) is 23.3 Å². The Balaban J connectivity index is 1.91. The van der Waals surface area contributed by atoms with E-state index in [1.165, 1.54) is 5.56 Å². The Bertz CT molecular complexity index is 660. The van der Waals surface area contributed by atoms with Gasteiger partial charge in [-0.05, 0) is 43.1 Å². The molecule has 1 aromatic carbocycles. The summed E-state index contributed by atoms with van der Waals surface area (Å²) >= 11 is 0. The largest absolute Gasteiger partial charge is 0.493 e. The highest BCUT2D eigenvalue weighted by atomic mass is 16.5. The summed E-state index contributed by atoms with van der Waals surface area (Å²) < 4.78 is 11.0. The minimum absolute atomic E-state index is 0.142. The van der Waals surface area contributed by atoms with Crippen molar-refractivity contribution in [1.29, 1.82) is 0 Å². The molecule has 5 nitrogen and oxygen atoms in total. The number of hydrogen-bond donors (Lipinski definition) is 0. The minimum Gasteiger partial charge on any atom is -0.493 e. The van der Waals surface area contributed by atoms with Gasteiger partial charge in [0.15, 0.2) is 11.5 Å². The summed E-state index contributed by atoms with van der Waals surface area (Å²) in [6, 6.07) is 4.13. The van der Waals surface area contributed by atoms with Crippen LogP contribution in [0, 0.1) is 5.92 Å². The lowest BCUT2D eigenvalue weighted by molar-refractivity contribution is -0.139. The molecule has 4 rings (SSSR count). The third-order valence-corrected chi connectivity index (χ3v) is 5.98. The maximum absolute atomic E-state index is 12.8. The molecule has 0 bridgehead atoms. The van der Waals surface area contributed by atoms with Crippen LogP contribution < -0.4 is 9.47 Å². The highest BCUT2D eigenvalue weighted by Crippen LogP contribution is 2.53. The summed E-state index contributed by atoms with van der Waals surface area (Å²) in [5.74, 6) is 2.24. The third kappa shape index (κ3) is 1.92. The van der Waals surface area contributed by atoms with Gasteiger partial charge in [-0.25, -0.2) is 0 Å². The topological polar surface area (TPSA) is 42.0 Å². The predicted molar refractivity (Wildman–Crippen MR) is 86.9 cm³/mol. The van der Waals surface area contributed by atoms with E-state index in [0.29, 0.717) is 18.1 Å². The van der Waals surface area contributed by atoms with Crippen LogP contribution in [0.25, 0.3) is 0 Å². The van der Waals surface area contributed by atoms with Crippen molar-refractivity contribution in [1.82, 2.24) is 9.80 Å². The molecular weight excluding hydrogens is 292 g/mol. The fourth-order valence-electron chi connectivity index (χ4n) is 4.93. The van der Waals surface area contributed by atoms with Gasteiger partial charge in [-0.2, -0.15) is 0 Å². The zero-order valence-corrected chi connectivity index (χ0v) is 14.1. The van der Waals surface area contributed by atoms with Gasteiger partial charge in [0, 0.05) is 25.6 Å². The maximum atomic E-state index is 12.8. The van der Waals surface area contributed by atoms with Crippen molar-refractivity contribution >= 4 is 5.91 Å². The van der Waals surface area contributed by atoms with Crippen LogP contribution in [0.2, 0.25) is 0 Å². The van der Waals surface area contributed by atoms with Gasteiger partial charge in [0.25, 0.3) is 0 Å². The van der Waals surface area contributed by atoms with Crippen molar-refractivity contribution in [3.8, 4) is 11.5 Å². The zero-order valence-electron chi connectivity index (χ0n) is 14.1. The number of methoxy groups -OCH3 is 2. The highest BCUT2D eigenvalue weighted by molar-refractivity contribution is 5.84. The van der Waals surface area contributed by atoms with Crippen LogP contribution in [0.3, 0.4) is 0 Å². The first-order chi connectivity index (χ1) is 11.1. The van der Waals surface area contributed by atoms with Gasteiger partial charge >= 0.3 is 0 Å². The minimum atomic E-state index is -0.142. The van der Waals surface area contributed by atoms with Crippen LogP contribution >= 0.6 is 0 Å². The lowest BCUT2D eigenvalue weighted by atomic mass is 9.70. The summed E-state index contributed by atoms with van der Waals surface area (Å²) in [5.41, 5.74) is 2.25. The molecule has 3 aliphatic heterocycles. The number of likely N-dealkylation sites (tertiary alicyclic amines) is 1. The van der Waals surface area contributed by atoms with Crippen LogP contribution in [0.4, 0.5) is 0 Å². The van der Waals surface area contributed by atoms with Crippen molar-refractivity contribution < 1.29 is 14.3 Å². The molecule has 0 unspecified atom stereocenters. The number of rotatable bonds is 2. The van der Waals surface area contributed by atoms with E-state index in [2.05, 4.69) is 22.9 Å². The first-order valence-electron chi connectivity index (χ1n) is 8.34. The van der Waals surface area contributed by atoms with E-state index in [0.717, 1.165) is 43.8 Å². The summed E-state index contributed by atoms with van der Waals surface area (Å²) in [6.45, 7) is 2.96. The third-order valence-electron chi connectivity index (χ3n) is 5.98. The summed E-state index contributed by atoms with van der Waals surface area (Å²) in [6.07, 6.45) is 2.56. The molecule has 0 N–H and O–H groups in total. The Labute approximate surface area is 137 Å². The first kappa shape index (κ1) is 14.8. The summed E-state index contributed by atoms with van der Waals surface area (Å²) in [5, 5.41) is 0. The van der Waals surface area contributed by atoms with Crippen molar-refractivity contribution in [3.63, 3.8) is 0 Å². The Hall–Kier alpha value is -1.75. The molecule has 1 aromatic rings. The average molecular weight is 316 g/mol. The van der Waals surface area contributed by atoms with Crippen molar-refractivity contribution in [2.24, 2.45) is 5.92 Å². The number of ether oxygens (including phenoxy) is 2. The van der Waals surface area contributed by atoms with Crippen molar-refractivity contribution in [2.75, 3.05) is 40.9 Å². The molecule has 2 atom stereocenters. The smallest absolute Gasteiger partial charge is 0.227 e. The monoisotopic (exact) mass is 316 g/mol. The Morgan fingerprint density at radius 2 is 1.91 bits per heavy atom. The van der Waals surface area contributed by atoms with Crippen LogP contribution in [-0.2, 0) is 16.8 Å². The van der Waals surface area contributed by atoms with Crippen LogP contribution in [0.1, 0.15) is 24.0 Å². The number of amides is 1. The lowest BCUT2D eigenvalue weighted by Crippen LogP contribution is -2.57. The summed E-state index contributed by atoms with van der Waals surface area (Å²) in [4.78, 5) is 17.3. The maximum Gasteiger partial charge on any atom is 0.227 e. The van der Waals surface area contributed by atoms with Gasteiger partial charge in [-0.1, -0.05) is 0 Å². The average Bonchev–Trinajstić information content (AvgIpc) is 2.94. The van der Waals surface area contributed by atoms with Gasteiger partial charge < -0.3 is 19.3 Å². The second kappa shape index (κ2) is 5.13.